The van der Waals surface area contributed by atoms with Gasteiger partial charge >= 0.3 is 0 Å². The van der Waals surface area contributed by atoms with Crippen LogP contribution in [0.25, 0.3) is 0 Å². The Kier molecular flexibility index (Phi) is 4.50. The average Bonchev–Trinajstić information content (AvgIpc) is 2.74. The lowest BCUT2D eigenvalue weighted by molar-refractivity contribution is 0.565. The second-order valence-electron chi connectivity index (χ2n) is 4.71. The molecule has 0 aromatic heterocycles. The summed E-state index contributed by atoms with van der Waals surface area (Å²) in [5, 5.41) is 3.47. The second-order valence-corrected chi connectivity index (χ2v) is 7.71. The van der Waals surface area contributed by atoms with E-state index in [0.29, 0.717) is 11.8 Å². The summed E-state index contributed by atoms with van der Waals surface area (Å²) in [5.74, 6) is 0.878. The van der Waals surface area contributed by atoms with Crippen molar-refractivity contribution in [3.05, 3.63) is 27.7 Å². The van der Waals surface area contributed by atoms with E-state index in [-0.39, 0.29) is 28.4 Å². The Bertz CT molecular complexity index is 586. The molecule has 1 saturated carbocycles. The Labute approximate surface area is 131 Å². The molecule has 19 heavy (non-hydrogen) atoms. The van der Waals surface area contributed by atoms with Crippen LogP contribution >= 0.6 is 39.9 Å². The monoisotopic (exact) mass is 386 g/mol. The summed E-state index contributed by atoms with van der Waals surface area (Å²) >= 11 is 9.23. The number of sulfonamides is 1. The first-order valence-electron chi connectivity index (χ1n) is 5.67. The molecule has 8 heteroatoms. The highest BCUT2D eigenvalue weighted by Gasteiger charge is 2.54. The van der Waals surface area contributed by atoms with Crippen molar-refractivity contribution in [2.75, 3.05) is 13.1 Å². The zero-order valence-electron chi connectivity index (χ0n) is 9.77. The predicted octanol–water partition coefficient (Wildman–Crippen LogP) is 2.02. The van der Waals surface area contributed by atoms with Crippen LogP contribution in [0, 0.1) is 11.8 Å². The molecule has 3 rings (SSSR count). The highest BCUT2D eigenvalue weighted by Crippen LogP contribution is 2.42. The summed E-state index contributed by atoms with van der Waals surface area (Å²) in [4.78, 5) is 0.144. The molecule has 0 bridgehead atoms. The maximum Gasteiger partial charge on any atom is 0.242 e. The predicted molar refractivity (Wildman–Crippen MR) is 80.4 cm³/mol. The van der Waals surface area contributed by atoms with E-state index in [4.69, 9.17) is 11.6 Å². The molecule has 1 saturated heterocycles. The molecule has 1 aliphatic heterocycles. The minimum atomic E-state index is -3.52. The second kappa shape index (κ2) is 5.50. The van der Waals surface area contributed by atoms with Crippen LogP contribution in [0.15, 0.2) is 27.6 Å². The molecule has 0 radical (unpaired) electrons. The highest BCUT2D eigenvalue weighted by molar-refractivity contribution is 9.10. The number of nitrogens with one attached hydrogen (secondary N) is 2. The van der Waals surface area contributed by atoms with Crippen LogP contribution in [-0.2, 0) is 10.0 Å². The number of fused-ring (bicyclic) bond motifs is 1. The Morgan fingerprint density at radius 3 is 2.53 bits per heavy atom. The van der Waals surface area contributed by atoms with E-state index in [2.05, 4.69) is 26.0 Å². The van der Waals surface area contributed by atoms with Gasteiger partial charge in [0.2, 0.25) is 10.0 Å². The molecule has 2 unspecified atom stereocenters. The first-order valence-corrected chi connectivity index (χ1v) is 8.32. The molecule has 2 atom stereocenters. The Hall–Kier alpha value is 0.150. The lowest BCUT2D eigenvalue weighted by Crippen LogP contribution is -2.32. The van der Waals surface area contributed by atoms with Gasteiger partial charge in [-0.05, 0) is 43.1 Å². The molecule has 2 aliphatic rings. The van der Waals surface area contributed by atoms with Crippen LogP contribution in [0.5, 0.6) is 0 Å². The molecule has 0 amide bonds. The van der Waals surface area contributed by atoms with Crippen LogP contribution in [0.2, 0.25) is 5.02 Å². The largest absolute Gasteiger partial charge is 0.316 e. The van der Waals surface area contributed by atoms with E-state index in [1.807, 2.05) is 0 Å². The number of hydrogen-bond acceptors (Lipinski definition) is 3. The van der Waals surface area contributed by atoms with Gasteiger partial charge in [-0.15, -0.1) is 12.4 Å². The zero-order valence-corrected chi connectivity index (χ0v) is 13.7. The van der Waals surface area contributed by atoms with Crippen molar-refractivity contribution in [2.24, 2.45) is 11.8 Å². The van der Waals surface area contributed by atoms with Crippen LogP contribution in [0.4, 0.5) is 0 Å². The van der Waals surface area contributed by atoms with Crippen LogP contribution < -0.4 is 10.0 Å². The van der Waals surface area contributed by atoms with Crippen molar-refractivity contribution in [2.45, 2.75) is 10.9 Å². The first kappa shape index (κ1) is 15.5. The van der Waals surface area contributed by atoms with Gasteiger partial charge in [0, 0.05) is 10.5 Å². The number of hydrogen-bond donors (Lipinski definition) is 2. The summed E-state index contributed by atoms with van der Waals surface area (Å²) in [6, 6.07) is 4.85. The van der Waals surface area contributed by atoms with Gasteiger partial charge in [-0.25, -0.2) is 13.1 Å². The van der Waals surface area contributed by atoms with Gasteiger partial charge in [0.15, 0.2) is 0 Å². The minimum absolute atomic E-state index is 0. The number of piperidine rings is 1. The number of rotatable bonds is 3. The zero-order chi connectivity index (χ0) is 12.9. The Balaban J connectivity index is 0.00000133. The van der Waals surface area contributed by atoms with E-state index >= 15 is 0 Å². The lowest BCUT2D eigenvalue weighted by atomic mass is 10.4. The molecule has 1 aliphatic carbocycles. The summed E-state index contributed by atoms with van der Waals surface area (Å²) in [6.07, 6.45) is 0. The van der Waals surface area contributed by atoms with Gasteiger partial charge in [0.1, 0.15) is 4.90 Å². The molecule has 0 spiro atoms. The van der Waals surface area contributed by atoms with Crippen molar-refractivity contribution in [1.82, 2.24) is 10.0 Å². The smallest absolute Gasteiger partial charge is 0.242 e. The molecule has 1 aromatic rings. The van der Waals surface area contributed by atoms with Crippen molar-refractivity contribution in [3.63, 3.8) is 0 Å². The molecular weight excluding hydrogens is 375 g/mol. The van der Waals surface area contributed by atoms with E-state index < -0.39 is 10.0 Å². The first-order chi connectivity index (χ1) is 8.49. The third kappa shape index (κ3) is 2.94. The fourth-order valence-corrected chi connectivity index (χ4v) is 4.90. The molecule has 2 N–H and O–H groups in total. The van der Waals surface area contributed by atoms with Gasteiger partial charge in [0.25, 0.3) is 0 Å². The fraction of sp³-hybridized carbons (Fsp3) is 0.455. The van der Waals surface area contributed by atoms with Crippen LogP contribution in [0.3, 0.4) is 0 Å². The Morgan fingerprint density at radius 1 is 1.32 bits per heavy atom. The average molecular weight is 388 g/mol. The third-order valence-electron chi connectivity index (χ3n) is 3.57. The van der Waals surface area contributed by atoms with Gasteiger partial charge < -0.3 is 5.32 Å². The summed E-state index contributed by atoms with van der Waals surface area (Å²) in [6.45, 7) is 1.79. The summed E-state index contributed by atoms with van der Waals surface area (Å²) in [7, 11) is -3.52. The van der Waals surface area contributed by atoms with Gasteiger partial charge in [-0.1, -0.05) is 27.5 Å². The quantitative estimate of drug-likeness (QED) is 0.834. The van der Waals surface area contributed by atoms with E-state index in [1.165, 1.54) is 6.07 Å². The summed E-state index contributed by atoms with van der Waals surface area (Å²) in [5.41, 5.74) is 0. The molecule has 1 heterocycles. The summed E-state index contributed by atoms with van der Waals surface area (Å²) < 4.78 is 27.9. The normalized spacial score (nSPS) is 28.6. The van der Waals surface area contributed by atoms with Crippen molar-refractivity contribution >= 4 is 50.0 Å². The molecule has 2 fully saturated rings. The molecule has 4 nitrogen and oxygen atoms in total. The lowest BCUT2D eigenvalue weighted by Gasteiger charge is -2.10. The van der Waals surface area contributed by atoms with E-state index in [1.54, 1.807) is 12.1 Å². The highest BCUT2D eigenvalue weighted by atomic mass is 79.9. The van der Waals surface area contributed by atoms with Gasteiger partial charge in [0.05, 0.1) is 5.02 Å². The number of benzene rings is 1. The Morgan fingerprint density at radius 2 is 1.95 bits per heavy atom. The standard InChI is InChI=1S/C11H12BrClN2O2S.ClH/c12-6-1-2-10(9(13)3-6)18(16,17)15-11-7-4-14-5-8(7)11;/h1-3,7-8,11,14-15H,4-5H2;1H. The van der Waals surface area contributed by atoms with Gasteiger partial charge in [-0.3, -0.25) is 0 Å². The maximum absolute atomic E-state index is 12.2. The van der Waals surface area contributed by atoms with Crippen LogP contribution in [0.1, 0.15) is 0 Å². The van der Waals surface area contributed by atoms with Gasteiger partial charge in [-0.2, -0.15) is 0 Å². The molecule has 1 aromatic carbocycles. The van der Waals surface area contributed by atoms with E-state index in [0.717, 1.165) is 17.6 Å². The fourth-order valence-electron chi connectivity index (χ4n) is 2.53. The SMILES string of the molecule is Cl.O=S(=O)(NC1C2CNCC21)c1ccc(Br)cc1Cl. The number of halogens is 3. The third-order valence-corrected chi connectivity index (χ3v) is 6.00. The van der Waals surface area contributed by atoms with Crippen molar-refractivity contribution < 1.29 is 8.42 Å². The molecule has 106 valence electrons. The van der Waals surface area contributed by atoms with Crippen LogP contribution in [-0.4, -0.2) is 27.5 Å². The van der Waals surface area contributed by atoms with Crippen molar-refractivity contribution in [1.29, 1.82) is 0 Å². The topological polar surface area (TPSA) is 58.2 Å². The minimum Gasteiger partial charge on any atom is -0.316 e. The maximum atomic E-state index is 12.2. The van der Waals surface area contributed by atoms with Crippen molar-refractivity contribution in [3.8, 4) is 0 Å². The molecular formula is C11H13BrCl2N2O2S. The van der Waals surface area contributed by atoms with E-state index in [9.17, 15) is 8.42 Å².